The molecule has 0 spiro atoms. The summed E-state index contributed by atoms with van der Waals surface area (Å²) in [6, 6.07) is 0. The molecule has 0 saturated carbocycles. The lowest BCUT2D eigenvalue weighted by molar-refractivity contribution is -0.0553. The summed E-state index contributed by atoms with van der Waals surface area (Å²) in [6.45, 7) is 2.66. The molecule has 0 amide bonds. The molecule has 0 aromatic rings. The third-order valence-corrected chi connectivity index (χ3v) is 13.3. The quantitative estimate of drug-likeness (QED) is 0.107. The van der Waals surface area contributed by atoms with Gasteiger partial charge in [0.05, 0.1) is 12.7 Å². The number of nitrogens with zero attached hydrogens (tertiary/aromatic N) is 2. The number of amidine groups is 1. The fraction of sp³-hybridized carbons (Fsp3) is 0.545. The number of aliphatic hydroxyl groups is 1. The normalized spacial score (nSPS) is 30.2. The number of aliphatic hydroxyl groups excluding tert-OH is 1. The Morgan fingerprint density at radius 2 is 1.34 bits per heavy atom. The van der Waals surface area contributed by atoms with Crippen LogP contribution in [0.15, 0.2) is 29.7 Å². The van der Waals surface area contributed by atoms with Crippen molar-refractivity contribution in [2.24, 2.45) is 10.7 Å². The van der Waals surface area contributed by atoms with Gasteiger partial charge in [0.15, 0.2) is 0 Å². The summed E-state index contributed by atoms with van der Waals surface area (Å²) < 4.78 is 102. The van der Waals surface area contributed by atoms with E-state index in [1.165, 1.54) is 17.2 Å². The van der Waals surface area contributed by atoms with Crippen LogP contribution < -0.4 is 5.73 Å². The first kappa shape index (κ1) is 36.7. The number of hydrogen-bond donors (Lipinski definition) is 8. The van der Waals surface area contributed by atoms with E-state index in [1.54, 1.807) is 0 Å². The Kier molecular flexibility index (Phi) is 11.9. The fourth-order valence-corrected chi connectivity index (χ4v) is 10.3. The van der Waals surface area contributed by atoms with Gasteiger partial charge in [0.1, 0.15) is 24.0 Å². The summed E-state index contributed by atoms with van der Waals surface area (Å²) in [5.41, 5.74) is 5.52. The highest BCUT2D eigenvalue weighted by molar-refractivity contribution is 7.72. The zero-order chi connectivity index (χ0) is 31.7. The van der Waals surface area contributed by atoms with Crippen molar-refractivity contribution in [2.75, 3.05) is 13.7 Å². The van der Waals surface area contributed by atoms with E-state index in [4.69, 9.17) is 15.4 Å². The lowest BCUT2D eigenvalue weighted by Crippen LogP contribution is -2.33. The van der Waals surface area contributed by atoms with Crippen molar-refractivity contribution >= 4 is 52.8 Å². The van der Waals surface area contributed by atoms with E-state index in [1.807, 2.05) is 0 Å². The molecule has 0 aromatic carbocycles. The van der Waals surface area contributed by atoms with E-state index in [0.717, 1.165) is 0 Å². The largest absolute Gasteiger partial charge is 0.490 e. The number of hydrogen-bond acceptors (Lipinski definition) is 18. The van der Waals surface area contributed by atoms with E-state index >= 15 is 0 Å². The van der Waals surface area contributed by atoms with E-state index in [-0.39, 0.29) is 18.1 Å². The zero-order valence-electron chi connectivity index (χ0n) is 20.0. The minimum atomic E-state index is -6.37. The van der Waals surface area contributed by atoms with Crippen LogP contribution in [0.1, 0.15) is 6.42 Å². The Balaban J connectivity index is 1.96. The molecule has 6 unspecified atom stereocenters. The molecule has 2 heterocycles. The van der Waals surface area contributed by atoms with Crippen molar-refractivity contribution in [2.45, 2.75) is 24.9 Å². The maximum Gasteiger partial charge on any atom is 0.490 e. The molecular weight excluding hydrogens is 696 g/mol. The minimum Gasteiger partial charge on any atom is -0.390 e. The van der Waals surface area contributed by atoms with Gasteiger partial charge in [0, 0.05) is 19.7 Å². The predicted octanol–water partition coefficient (Wildman–Crippen LogP) is 0.468. The summed E-state index contributed by atoms with van der Waals surface area (Å²) in [5, 5.41) is 10.2. The Hall–Kier alpha value is -0.470. The van der Waals surface area contributed by atoms with Crippen LogP contribution in [0.5, 0.6) is 0 Å². The van der Waals surface area contributed by atoms with Crippen LogP contribution in [0.3, 0.4) is 0 Å². The summed E-state index contributed by atoms with van der Waals surface area (Å²) >= 11 is 0. The fourth-order valence-electron chi connectivity index (χ4n) is 2.72. The van der Waals surface area contributed by atoms with Crippen molar-refractivity contribution in [1.29, 1.82) is 0 Å². The average Bonchev–Trinajstić information content (AvgIpc) is 3.08. The zero-order valence-corrected chi connectivity index (χ0v) is 25.4. The second-order valence-corrected chi connectivity index (χ2v) is 16.8. The Bertz CT molecular complexity index is 1360. The summed E-state index contributed by atoms with van der Waals surface area (Å²) in [6.07, 6.45) is -0.876. The molecule has 2 rings (SSSR count). The van der Waals surface area contributed by atoms with Crippen LogP contribution in [0, 0.1) is 0 Å². The highest BCUT2D eigenvalue weighted by atomic mass is 31.3. The standard InChI is InChI=1S/C11H23N3O21P6/c1-7-13-10(12)3-4-14(7)11-5-8(15)9(30-11)6-29-37(18,19)32-39(22,23)34-41(26,27)35-40(24,25)33-38(20,21)31-36(16,17)28-2/h3-4,8-9,11,15H,1,5-6H2,2H3,(H2,12,13)(H,16,17)(H,18,19)(H,20,21)(H,22,23)(H,24,25)(H,26,27)/t8-,9-,11-/m1/s1. The molecule has 1 saturated heterocycles. The van der Waals surface area contributed by atoms with Crippen molar-refractivity contribution in [1.82, 2.24) is 4.90 Å². The Morgan fingerprint density at radius 3 is 1.78 bits per heavy atom. The van der Waals surface area contributed by atoms with Crippen molar-refractivity contribution in [3.05, 3.63) is 24.7 Å². The van der Waals surface area contributed by atoms with Crippen molar-refractivity contribution < 1.29 is 97.2 Å². The topological polar surface area (TPSA) is 359 Å². The smallest absolute Gasteiger partial charge is 0.390 e. The van der Waals surface area contributed by atoms with E-state index in [9.17, 15) is 57.0 Å². The van der Waals surface area contributed by atoms with Crippen LogP contribution in [-0.4, -0.2) is 77.4 Å². The molecular formula is C11H23N3O21P6. The monoisotopic (exact) mass is 719 g/mol. The number of ether oxygens (including phenoxy) is 1. The molecule has 2 aliphatic rings. The maximum absolute atomic E-state index is 12.1. The molecule has 24 nitrogen and oxygen atoms in total. The van der Waals surface area contributed by atoms with Gasteiger partial charge >= 0.3 is 46.9 Å². The highest BCUT2D eigenvalue weighted by Gasteiger charge is 2.49. The summed E-state index contributed by atoms with van der Waals surface area (Å²) in [7, 11) is -35.5. The Labute approximate surface area is 229 Å². The second-order valence-electron chi connectivity index (χ2n) is 7.31. The molecule has 41 heavy (non-hydrogen) atoms. The predicted molar refractivity (Wildman–Crippen MR) is 128 cm³/mol. The summed E-state index contributed by atoms with van der Waals surface area (Å²) in [5.74, 6) is 0.262. The van der Waals surface area contributed by atoms with Gasteiger partial charge in [-0.1, -0.05) is 6.58 Å². The van der Waals surface area contributed by atoms with Crippen LogP contribution in [0.2, 0.25) is 0 Å². The van der Waals surface area contributed by atoms with E-state index < -0.39 is 72.0 Å². The van der Waals surface area contributed by atoms with Crippen molar-refractivity contribution in [3.63, 3.8) is 0 Å². The van der Waals surface area contributed by atoms with Crippen LogP contribution >= 0.6 is 46.9 Å². The maximum atomic E-state index is 12.1. The number of phosphoric ester groups is 2. The lowest BCUT2D eigenvalue weighted by Gasteiger charge is -2.28. The van der Waals surface area contributed by atoms with Gasteiger partial charge in [-0.25, -0.2) is 32.4 Å². The van der Waals surface area contributed by atoms with Crippen LogP contribution in [-0.2, 0) is 62.7 Å². The molecule has 0 bridgehead atoms. The number of rotatable bonds is 15. The molecule has 2 aliphatic heterocycles. The van der Waals surface area contributed by atoms with Crippen LogP contribution in [0.25, 0.3) is 0 Å². The molecule has 238 valence electrons. The van der Waals surface area contributed by atoms with Crippen molar-refractivity contribution in [3.8, 4) is 0 Å². The molecule has 9 atom stereocenters. The lowest BCUT2D eigenvalue weighted by atomic mass is 10.2. The number of phosphoric acid groups is 6. The molecule has 30 heteroatoms. The van der Waals surface area contributed by atoms with Gasteiger partial charge in [0.25, 0.3) is 0 Å². The van der Waals surface area contributed by atoms with Gasteiger partial charge in [0.2, 0.25) is 0 Å². The molecule has 0 aromatic heterocycles. The SMILES string of the molecule is C=C1N=C(N)C=CN1[C@H]1C[C@@H](O)[C@@H](COP(=O)(O)OP(=O)(O)OP(=O)(O)OP(=O)(O)OP(=O)(O)OP(=O)(O)OC)O1. The minimum absolute atomic E-state index is 0.105. The molecule has 1 fully saturated rings. The molecule has 9 N–H and O–H groups in total. The molecule has 0 radical (unpaired) electrons. The van der Waals surface area contributed by atoms with Gasteiger partial charge in [-0.2, -0.15) is 21.6 Å². The Morgan fingerprint density at radius 1 is 0.902 bits per heavy atom. The molecule has 0 aliphatic carbocycles. The van der Waals surface area contributed by atoms with Gasteiger partial charge < -0.3 is 49.8 Å². The number of aliphatic imine (C=N–C) groups is 1. The number of nitrogens with two attached hydrogens (primary N) is 1. The first-order valence-corrected chi connectivity index (χ1v) is 18.9. The summed E-state index contributed by atoms with van der Waals surface area (Å²) in [4.78, 5) is 61.4. The van der Waals surface area contributed by atoms with E-state index in [0.29, 0.717) is 7.11 Å². The van der Waals surface area contributed by atoms with Gasteiger partial charge in [-0.15, -0.1) is 0 Å². The van der Waals surface area contributed by atoms with Gasteiger partial charge in [-0.05, 0) is 6.08 Å². The van der Waals surface area contributed by atoms with Gasteiger partial charge in [-0.3, -0.25) is 9.05 Å². The highest BCUT2D eigenvalue weighted by Crippen LogP contribution is 2.75. The first-order chi connectivity index (χ1) is 18.4. The van der Waals surface area contributed by atoms with E-state index in [2.05, 4.69) is 42.2 Å². The first-order valence-electron chi connectivity index (χ1n) is 9.92. The average molecular weight is 719 g/mol. The third-order valence-electron chi connectivity index (χ3n) is 4.14. The van der Waals surface area contributed by atoms with Crippen LogP contribution in [0.4, 0.5) is 0 Å². The second kappa shape index (κ2) is 13.3. The third kappa shape index (κ3) is 12.2.